The van der Waals surface area contributed by atoms with Gasteiger partial charge in [0, 0.05) is 22.3 Å². The summed E-state index contributed by atoms with van der Waals surface area (Å²) in [5.41, 5.74) is 2.28. The van der Waals surface area contributed by atoms with Crippen molar-refractivity contribution in [1.29, 1.82) is 0 Å². The molecule has 2 aromatic carbocycles. The molecule has 0 aliphatic rings. The number of unbranched alkanes of at least 4 members (excludes halogenated alkanes) is 10. The van der Waals surface area contributed by atoms with E-state index in [1.807, 2.05) is 24.3 Å². The van der Waals surface area contributed by atoms with E-state index in [2.05, 4.69) is 37.5 Å². The fourth-order valence-corrected chi connectivity index (χ4v) is 3.84. The highest BCUT2D eigenvalue weighted by molar-refractivity contribution is 5.55. The van der Waals surface area contributed by atoms with E-state index in [0.29, 0.717) is 22.3 Å². The van der Waals surface area contributed by atoms with Gasteiger partial charge in [-0.3, -0.25) is 0 Å². The van der Waals surface area contributed by atoms with Crippen molar-refractivity contribution >= 4 is 12.2 Å². The molecule has 0 aliphatic carbocycles. The molecule has 0 N–H and O–H groups in total. The maximum absolute atomic E-state index is 14.4. The Morgan fingerprint density at radius 2 is 1.00 bits per heavy atom. The normalized spacial score (nSPS) is 10.9. The van der Waals surface area contributed by atoms with Crippen LogP contribution in [0.1, 0.15) is 113 Å². The van der Waals surface area contributed by atoms with Crippen LogP contribution in [0.5, 0.6) is 0 Å². The molecule has 36 heavy (non-hydrogen) atoms. The number of hydrogen-bond donors (Lipinski definition) is 0. The standard InChI is InChI=1S/C34H40F2/c1-3-5-7-9-11-13-15-21-31-25-23-29(27-33(31)35)19-17-18-20-30-24-26-32(34(36)28-30)22-16-14-12-10-8-6-4-2/h15-16,21-28H,3-14H2,1-2H3/b21-15+,22-16+. The first kappa shape index (κ1) is 29.1. The van der Waals surface area contributed by atoms with E-state index in [1.165, 1.54) is 63.5 Å². The van der Waals surface area contributed by atoms with E-state index in [9.17, 15) is 8.78 Å². The molecule has 0 radical (unpaired) electrons. The highest BCUT2D eigenvalue weighted by Gasteiger charge is 2.00. The monoisotopic (exact) mass is 486 g/mol. The summed E-state index contributed by atoms with van der Waals surface area (Å²) >= 11 is 0. The van der Waals surface area contributed by atoms with Gasteiger partial charge in [-0.15, -0.1) is 0 Å². The smallest absolute Gasteiger partial charge is 0.131 e. The van der Waals surface area contributed by atoms with Gasteiger partial charge < -0.3 is 0 Å². The zero-order valence-corrected chi connectivity index (χ0v) is 22.0. The van der Waals surface area contributed by atoms with Crippen molar-refractivity contribution in [1.82, 2.24) is 0 Å². The van der Waals surface area contributed by atoms with Crippen LogP contribution in [-0.4, -0.2) is 0 Å². The van der Waals surface area contributed by atoms with Gasteiger partial charge in [0.25, 0.3) is 0 Å². The third-order valence-corrected chi connectivity index (χ3v) is 6.02. The molecule has 0 amide bonds. The summed E-state index contributed by atoms with van der Waals surface area (Å²) in [6, 6.07) is 9.94. The van der Waals surface area contributed by atoms with E-state index in [0.717, 1.165) is 25.7 Å². The SMILES string of the molecule is CCCCCCC/C=C/c1ccc(C#CC#Cc2ccc(/C=C/CCCCCCC)c(F)c2)cc1F. The number of halogens is 2. The van der Waals surface area contributed by atoms with Crippen LogP contribution in [0.4, 0.5) is 8.78 Å². The Kier molecular flexibility index (Phi) is 14.7. The molecule has 0 fully saturated rings. The summed E-state index contributed by atoms with van der Waals surface area (Å²) in [4.78, 5) is 0. The van der Waals surface area contributed by atoms with E-state index in [-0.39, 0.29) is 11.6 Å². The Hall–Kier alpha value is -3.10. The van der Waals surface area contributed by atoms with Crippen LogP contribution in [-0.2, 0) is 0 Å². The maximum Gasteiger partial charge on any atom is 0.131 e. The minimum atomic E-state index is -0.288. The van der Waals surface area contributed by atoms with Crippen molar-refractivity contribution in [2.75, 3.05) is 0 Å². The lowest BCUT2D eigenvalue weighted by molar-refractivity contribution is 0.623. The highest BCUT2D eigenvalue weighted by Crippen LogP contribution is 2.15. The lowest BCUT2D eigenvalue weighted by Gasteiger charge is -1.99. The molecule has 0 unspecified atom stereocenters. The Balaban J connectivity index is 1.85. The minimum Gasteiger partial charge on any atom is -0.206 e. The molecule has 2 aromatic rings. The van der Waals surface area contributed by atoms with Gasteiger partial charge >= 0.3 is 0 Å². The van der Waals surface area contributed by atoms with Gasteiger partial charge in [0.15, 0.2) is 0 Å². The van der Waals surface area contributed by atoms with Gasteiger partial charge in [0.2, 0.25) is 0 Å². The molecule has 2 heteroatoms. The summed E-state index contributed by atoms with van der Waals surface area (Å²) < 4.78 is 28.7. The molecule has 0 spiro atoms. The molecule has 0 saturated heterocycles. The molecule has 0 aromatic heterocycles. The Morgan fingerprint density at radius 3 is 1.39 bits per heavy atom. The average Bonchev–Trinajstić information content (AvgIpc) is 2.87. The van der Waals surface area contributed by atoms with Gasteiger partial charge in [-0.1, -0.05) is 113 Å². The third kappa shape index (κ3) is 12.0. The second-order valence-electron chi connectivity index (χ2n) is 9.18. The lowest BCUT2D eigenvalue weighted by Crippen LogP contribution is -1.85. The molecule has 0 atom stereocenters. The number of hydrogen-bond acceptors (Lipinski definition) is 0. The predicted octanol–water partition coefficient (Wildman–Crippen LogP) is 10.1. The predicted molar refractivity (Wildman–Crippen MR) is 151 cm³/mol. The van der Waals surface area contributed by atoms with Crippen molar-refractivity contribution in [2.45, 2.75) is 90.9 Å². The van der Waals surface area contributed by atoms with Crippen molar-refractivity contribution in [3.8, 4) is 23.7 Å². The summed E-state index contributed by atoms with van der Waals surface area (Å²) in [5, 5.41) is 0. The van der Waals surface area contributed by atoms with Crippen LogP contribution in [0.2, 0.25) is 0 Å². The topological polar surface area (TPSA) is 0 Å². The Morgan fingerprint density at radius 1 is 0.583 bits per heavy atom. The molecule has 0 aliphatic heterocycles. The summed E-state index contributed by atoms with van der Waals surface area (Å²) in [7, 11) is 0. The minimum absolute atomic E-state index is 0.288. The van der Waals surface area contributed by atoms with Gasteiger partial charge in [-0.2, -0.15) is 0 Å². The summed E-state index contributed by atoms with van der Waals surface area (Å²) in [6.07, 6.45) is 22.0. The van der Waals surface area contributed by atoms with Gasteiger partial charge in [-0.25, -0.2) is 8.78 Å². The van der Waals surface area contributed by atoms with Crippen LogP contribution in [0, 0.1) is 35.3 Å². The van der Waals surface area contributed by atoms with Crippen molar-refractivity contribution in [3.63, 3.8) is 0 Å². The molecular formula is C34H40F2. The lowest BCUT2D eigenvalue weighted by atomic mass is 10.1. The first-order chi connectivity index (χ1) is 17.6. The fourth-order valence-electron chi connectivity index (χ4n) is 3.84. The highest BCUT2D eigenvalue weighted by atomic mass is 19.1. The second-order valence-corrected chi connectivity index (χ2v) is 9.18. The second kappa shape index (κ2) is 18.2. The van der Waals surface area contributed by atoms with Gasteiger partial charge in [0.05, 0.1) is 0 Å². The van der Waals surface area contributed by atoms with Crippen LogP contribution in [0.3, 0.4) is 0 Å². The van der Waals surface area contributed by atoms with Crippen LogP contribution < -0.4 is 0 Å². The molecule has 0 bridgehead atoms. The molecule has 0 saturated carbocycles. The number of rotatable bonds is 14. The summed E-state index contributed by atoms with van der Waals surface area (Å²) in [6.45, 7) is 4.41. The third-order valence-electron chi connectivity index (χ3n) is 6.02. The molecule has 0 heterocycles. The molecular weight excluding hydrogens is 446 g/mol. The first-order valence-electron chi connectivity index (χ1n) is 13.6. The van der Waals surface area contributed by atoms with E-state index >= 15 is 0 Å². The van der Waals surface area contributed by atoms with Gasteiger partial charge in [0.1, 0.15) is 11.6 Å². The largest absolute Gasteiger partial charge is 0.206 e. The van der Waals surface area contributed by atoms with E-state index in [4.69, 9.17) is 0 Å². The zero-order valence-electron chi connectivity index (χ0n) is 22.0. The van der Waals surface area contributed by atoms with Crippen LogP contribution in [0.15, 0.2) is 48.6 Å². The average molecular weight is 487 g/mol. The van der Waals surface area contributed by atoms with Gasteiger partial charge in [-0.05, 0) is 61.8 Å². The molecule has 190 valence electrons. The Bertz CT molecular complexity index is 1010. The number of allylic oxidation sites excluding steroid dienone is 2. The van der Waals surface area contributed by atoms with Crippen LogP contribution >= 0.6 is 0 Å². The maximum atomic E-state index is 14.4. The first-order valence-corrected chi connectivity index (χ1v) is 13.6. The quantitative estimate of drug-likeness (QED) is 0.184. The molecule has 2 rings (SSSR count). The fraction of sp³-hybridized carbons (Fsp3) is 0.412. The van der Waals surface area contributed by atoms with E-state index in [1.54, 1.807) is 24.3 Å². The summed E-state index contributed by atoms with van der Waals surface area (Å²) in [5.74, 6) is 10.6. The molecule has 0 nitrogen and oxygen atoms in total. The van der Waals surface area contributed by atoms with Crippen molar-refractivity contribution in [2.24, 2.45) is 0 Å². The van der Waals surface area contributed by atoms with Crippen molar-refractivity contribution in [3.05, 3.63) is 82.4 Å². The van der Waals surface area contributed by atoms with Crippen molar-refractivity contribution < 1.29 is 8.78 Å². The van der Waals surface area contributed by atoms with Crippen LogP contribution in [0.25, 0.3) is 12.2 Å². The zero-order chi connectivity index (χ0) is 25.8. The Labute approximate surface area is 217 Å². The number of benzene rings is 2. The van der Waals surface area contributed by atoms with E-state index < -0.39 is 0 Å².